The predicted octanol–water partition coefficient (Wildman–Crippen LogP) is 4.72. The van der Waals surface area contributed by atoms with Crippen LogP contribution in [0.1, 0.15) is 16.1 Å². The Bertz CT molecular complexity index is 771. The van der Waals surface area contributed by atoms with Gasteiger partial charge in [0.2, 0.25) is 0 Å². The van der Waals surface area contributed by atoms with Gasteiger partial charge in [-0.1, -0.05) is 29.8 Å². The van der Waals surface area contributed by atoms with E-state index in [1.54, 1.807) is 11.3 Å². The smallest absolute Gasteiger partial charge is 0.116 e. The van der Waals surface area contributed by atoms with Crippen LogP contribution in [-0.2, 0) is 6.54 Å². The summed E-state index contributed by atoms with van der Waals surface area (Å²) < 4.78 is 1.84. The van der Waals surface area contributed by atoms with E-state index in [1.807, 2.05) is 29.2 Å². The largest absolute Gasteiger partial charge is 0.271 e. The Morgan fingerprint density at radius 2 is 2.05 bits per heavy atom. The second kappa shape index (κ2) is 6.90. The fourth-order valence-electron chi connectivity index (χ4n) is 2.06. The van der Waals surface area contributed by atoms with E-state index in [0.717, 1.165) is 28.4 Å². The number of hydrogen-bond donors (Lipinski definition) is 0. The van der Waals surface area contributed by atoms with Gasteiger partial charge in [0.25, 0.3) is 0 Å². The van der Waals surface area contributed by atoms with E-state index in [2.05, 4.69) is 46.7 Å². The van der Waals surface area contributed by atoms with Crippen LogP contribution in [0.15, 0.2) is 42.0 Å². The highest BCUT2D eigenvalue weighted by molar-refractivity contribution is 7.10. The molecular weight excluding hydrogens is 314 g/mol. The maximum Gasteiger partial charge on any atom is 0.116 e. The third kappa shape index (κ3) is 3.64. The fraction of sp³-hybridized carbons (Fsp3) is 0.176. The van der Waals surface area contributed by atoms with E-state index in [9.17, 15) is 0 Å². The molecule has 0 N–H and O–H groups in total. The average molecular weight is 330 g/mol. The first-order valence-corrected chi connectivity index (χ1v) is 8.45. The van der Waals surface area contributed by atoms with E-state index in [-0.39, 0.29) is 0 Å². The lowest BCUT2D eigenvalue weighted by Gasteiger charge is -1.96. The molecule has 3 rings (SSSR count). The summed E-state index contributed by atoms with van der Waals surface area (Å²) in [6.45, 7) is 2.81. The number of benzene rings is 1. The van der Waals surface area contributed by atoms with Crippen LogP contribution in [0, 0.1) is 6.92 Å². The maximum absolute atomic E-state index is 5.70. The molecule has 0 radical (unpaired) electrons. The lowest BCUT2D eigenvalue weighted by atomic mass is 10.1. The molecule has 2 heterocycles. The second-order valence-corrected chi connectivity index (χ2v) is 6.26. The Hall–Kier alpha value is -1.91. The molecule has 0 bridgehead atoms. The molecule has 0 unspecified atom stereocenters. The van der Waals surface area contributed by atoms with E-state index < -0.39 is 0 Å². The third-order valence-corrected chi connectivity index (χ3v) is 4.23. The number of thiazole rings is 1. The van der Waals surface area contributed by atoms with Crippen LogP contribution in [0.25, 0.3) is 23.4 Å². The van der Waals surface area contributed by atoms with Crippen molar-refractivity contribution in [1.82, 2.24) is 14.8 Å². The Morgan fingerprint density at radius 1 is 1.23 bits per heavy atom. The van der Waals surface area contributed by atoms with Gasteiger partial charge in [-0.25, -0.2) is 4.98 Å². The summed E-state index contributed by atoms with van der Waals surface area (Å²) in [5, 5.41) is 7.31. The quantitative estimate of drug-likeness (QED) is 0.634. The normalized spacial score (nSPS) is 11.4. The molecule has 0 saturated heterocycles. The summed E-state index contributed by atoms with van der Waals surface area (Å²) in [6, 6.07) is 8.42. The van der Waals surface area contributed by atoms with Gasteiger partial charge in [-0.15, -0.1) is 22.9 Å². The number of nitrogens with zero attached hydrogens (tertiary/aromatic N) is 3. The predicted molar refractivity (Wildman–Crippen MR) is 94.2 cm³/mol. The monoisotopic (exact) mass is 329 g/mol. The molecule has 22 heavy (non-hydrogen) atoms. The van der Waals surface area contributed by atoms with Crippen LogP contribution >= 0.6 is 22.9 Å². The highest BCUT2D eigenvalue weighted by Crippen LogP contribution is 2.23. The molecule has 0 aliphatic rings. The van der Waals surface area contributed by atoms with Crippen molar-refractivity contribution in [2.45, 2.75) is 13.5 Å². The van der Waals surface area contributed by atoms with E-state index in [1.165, 1.54) is 5.56 Å². The van der Waals surface area contributed by atoms with Crippen molar-refractivity contribution in [2.24, 2.45) is 0 Å². The van der Waals surface area contributed by atoms with Gasteiger partial charge in [0.1, 0.15) is 5.01 Å². The van der Waals surface area contributed by atoms with Gasteiger partial charge in [-0.3, -0.25) is 4.68 Å². The molecule has 0 aliphatic heterocycles. The molecule has 0 fully saturated rings. The molecule has 5 heteroatoms. The zero-order valence-electron chi connectivity index (χ0n) is 12.2. The molecule has 0 atom stereocenters. The fourth-order valence-corrected chi connectivity index (χ4v) is 2.96. The van der Waals surface area contributed by atoms with Crippen LogP contribution in [0.3, 0.4) is 0 Å². The Morgan fingerprint density at radius 3 is 2.82 bits per heavy atom. The molecule has 112 valence electrons. The molecule has 3 nitrogen and oxygen atoms in total. The van der Waals surface area contributed by atoms with Gasteiger partial charge >= 0.3 is 0 Å². The van der Waals surface area contributed by atoms with Crippen molar-refractivity contribution in [2.75, 3.05) is 5.88 Å². The van der Waals surface area contributed by atoms with Crippen molar-refractivity contribution in [1.29, 1.82) is 0 Å². The van der Waals surface area contributed by atoms with Crippen molar-refractivity contribution in [3.05, 3.63) is 58.2 Å². The summed E-state index contributed by atoms with van der Waals surface area (Å²) in [4.78, 5) is 4.65. The Labute approximate surface area is 138 Å². The topological polar surface area (TPSA) is 30.7 Å². The van der Waals surface area contributed by atoms with Crippen molar-refractivity contribution in [3.63, 3.8) is 0 Å². The SMILES string of the molecule is Cc1ccc(-c2csc(C=Cc3cnn(CCCl)c3)n2)cc1. The molecule has 0 aliphatic carbocycles. The average Bonchev–Trinajstić information content (AvgIpc) is 3.16. The molecule has 3 aromatic rings. The Kier molecular flexibility index (Phi) is 4.71. The molecule has 0 amide bonds. The van der Waals surface area contributed by atoms with Gasteiger partial charge < -0.3 is 0 Å². The van der Waals surface area contributed by atoms with Crippen LogP contribution < -0.4 is 0 Å². The molecule has 0 saturated carbocycles. The summed E-state index contributed by atoms with van der Waals surface area (Å²) >= 11 is 7.34. The zero-order valence-corrected chi connectivity index (χ0v) is 13.8. The summed E-state index contributed by atoms with van der Waals surface area (Å²) in [5.41, 5.74) is 4.48. The maximum atomic E-state index is 5.70. The molecule has 1 aromatic carbocycles. The number of alkyl halides is 1. The van der Waals surface area contributed by atoms with Crippen LogP contribution in [0.5, 0.6) is 0 Å². The first-order valence-electron chi connectivity index (χ1n) is 7.04. The highest BCUT2D eigenvalue weighted by atomic mass is 35.5. The lowest BCUT2D eigenvalue weighted by Crippen LogP contribution is -1.98. The molecular formula is C17H16ClN3S. The summed E-state index contributed by atoms with van der Waals surface area (Å²) in [6.07, 6.45) is 7.85. The number of rotatable bonds is 5. The van der Waals surface area contributed by atoms with Gasteiger partial charge in [0.05, 0.1) is 18.4 Å². The standard InChI is InChI=1S/C17H16ClN3S/c1-13-2-5-15(6-3-13)16-12-22-17(20-16)7-4-14-10-19-21(11-14)9-8-18/h2-7,10-12H,8-9H2,1H3. The summed E-state index contributed by atoms with van der Waals surface area (Å²) in [7, 11) is 0. The summed E-state index contributed by atoms with van der Waals surface area (Å²) in [5.74, 6) is 0.567. The zero-order chi connectivity index (χ0) is 15.4. The van der Waals surface area contributed by atoms with Crippen molar-refractivity contribution in [3.8, 4) is 11.3 Å². The van der Waals surface area contributed by atoms with Gasteiger partial charge in [-0.2, -0.15) is 5.10 Å². The minimum absolute atomic E-state index is 0.567. The van der Waals surface area contributed by atoms with Crippen molar-refractivity contribution >= 4 is 35.1 Å². The van der Waals surface area contributed by atoms with Crippen LogP contribution in [-0.4, -0.2) is 20.6 Å². The van der Waals surface area contributed by atoms with Gasteiger partial charge in [0.15, 0.2) is 0 Å². The lowest BCUT2D eigenvalue weighted by molar-refractivity contribution is 0.664. The minimum Gasteiger partial charge on any atom is -0.271 e. The second-order valence-electron chi connectivity index (χ2n) is 5.00. The third-order valence-electron chi connectivity index (χ3n) is 3.25. The molecule has 0 spiro atoms. The molecule has 2 aromatic heterocycles. The van der Waals surface area contributed by atoms with Gasteiger partial charge in [-0.05, 0) is 19.1 Å². The number of hydrogen-bond acceptors (Lipinski definition) is 3. The van der Waals surface area contributed by atoms with Crippen molar-refractivity contribution < 1.29 is 0 Å². The van der Waals surface area contributed by atoms with Crippen LogP contribution in [0.4, 0.5) is 0 Å². The number of aromatic nitrogens is 3. The number of halogens is 1. The van der Waals surface area contributed by atoms with E-state index in [4.69, 9.17) is 11.6 Å². The van der Waals surface area contributed by atoms with E-state index >= 15 is 0 Å². The van der Waals surface area contributed by atoms with Crippen LogP contribution in [0.2, 0.25) is 0 Å². The number of aryl methyl sites for hydroxylation is 2. The highest BCUT2D eigenvalue weighted by Gasteiger charge is 2.02. The first kappa shape index (κ1) is 15.0. The van der Waals surface area contributed by atoms with E-state index in [0.29, 0.717) is 5.88 Å². The van der Waals surface area contributed by atoms with Gasteiger partial charge in [0, 0.05) is 28.6 Å². The minimum atomic E-state index is 0.567. The first-order chi connectivity index (χ1) is 10.7. The Balaban J connectivity index is 1.73.